The van der Waals surface area contributed by atoms with Crippen LogP contribution in [0.5, 0.6) is 0 Å². The first-order valence-electron chi connectivity index (χ1n) is 8.64. The molecule has 116 valence electrons. The largest absolute Gasteiger partial charge is 0.391 e. The normalized spacial score (nSPS) is 38.3. The molecule has 21 heavy (non-hydrogen) atoms. The number of aliphatic hydroxyl groups excluding tert-OH is 1. The van der Waals surface area contributed by atoms with Gasteiger partial charge in [-0.2, -0.15) is 0 Å². The Morgan fingerprint density at radius 1 is 1.00 bits per heavy atom. The van der Waals surface area contributed by atoms with Crippen molar-refractivity contribution in [1.29, 1.82) is 0 Å². The summed E-state index contributed by atoms with van der Waals surface area (Å²) in [6, 6.07) is 11.8. The van der Waals surface area contributed by atoms with Crippen LogP contribution in [0.1, 0.15) is 57.4 Å². The van der Waals surface area contributed by atoms with Crippen LogP contribution in [-0.2, 0) is 0 Å². The van der Waals surface area contributed by atoms with E-state index in [0.29, 0.717) is 18.0 Å². The molecule has 0 radical (unpaired) electrons. The molecule has 1 saturated heterocycles. The summed E-state index contributed by atoms with van der Waals surface area (Å²) in [5.74, 6) is 1.45. The van der Waals surface area contributed by atoms with Crippen LogP contribution >= 0.6 is 0 Å². The maximum absolute atomic E-state index is 10.5. The van der Waals surface area contributed by atoms with Gasteiger partial charge < -0.3 is 5.11 Å². The van der Waals surface area contributed by atoms with Crippen LogP contribution < -0.4 is 0 Å². The van der Waals surface area contributed by atoms with Crippen LogP contribution in [0.15, 0.2) is 30.3 Å². The number of piperidine rings is 1. The van der Waals surface area contributed by atoms with Gasteiger partial charge in [0, 0.05) is 12.1 Å². The summed E-state index contributed by atoms with van der Waals surface area (Å²) in [5, 5.41) is 10.5. The highest BCUT2D eigenvalue weighted by Gasteiger charge is 2.37. The molecule has 1 aromatic carbocycles. The van der Waals surface area contributed by atoms with Crippen LogP contribution in [0.2, 0.25) is 0 Å². The Hall–Kier alpha value is -0.860. The number of hydrogen-bond donors (Lipinski definition) is 1. The van der Waals surface area contributed by atoms with Gasteiger partial charge in [-0.25, -0.2) is 0 Å². The van der Waals surface area contributed by atoms with Crippen molar-refractivity contribution in [1.82, 2.24) is 4.90 Å². The van der Waals surface area contributed by atoms with Crippen molar-refractivity contribution >= 4 is 0 Å². The van der Waals surface area contributed by atoms with Gasteiger partial charge in [-0.05, 0) is 63.0 Å². The van der Waals surface area contributed by atoms with Gasteiger partial charge in [-0.3, -0.25) is 4.90 Å². The Balaban J connectivity index is 1.72. The maximum Gasteiger partial charge on any atom is 0.0695 e. The molecular formula is C19H29NO. The third-order valence-electron chi connectivity index (χ3n) is 5.67. The van der Waals surface area contributed by atoms with Crippen LogP contribution in [0, 0.1) is 5.92 Å². The van der Waals surface area contributed by atoms with E-state index in [1.165, 1.54) is 18.4 Å². The zero-order chi connectivity index (χ0) is 14.8. The van der Waals surface area contributed by atoms with Crippen molar-refractivity contribution in [3.63, 3.8) is 0 Å². The van der Waals surface area contributed by atoms with Crippen molar-refractivity contribution in [2.75, 3.05) is 6.54 Å². The average Bonchev–Trinajstić information content (AvgIpc) is 2.49. The van der Waals surface area contributed by atoms with Gasteiger partial charge in [0.2, 0.25) is 0 Å². The molecule has 1 aromatic rings. The van der Waals surface area contributed by atoms with Crippen molar-refractivity contribution in [2.24, 2.45) is 5.92 Å². The number of rotatable bonds is 2. The summed E-state index contributed by atoms with van der Waals surface area (Å²) in [4.78, 5) is 2.60. The highest BCUT2D eigenvalue weighted by atomic mass is 16.3. The smallest absolute Gasteiger partial charge is 0.0695 e. The zero-order valence-electron chi connectivity index (χ0n) is 13.4. The highest BCUT2D eigenvalue weighted by molar-refractivity contribution is 5.20. The number of aliphatic hydroxyl groups is 1. The molecule has 1 heterocycles. The predicted octanol–water partition coefficient (Wildman–Crippen LogP) is 3.80. The number of nitrogens with zero attached hydrogens (tertiary/aromatic N) is 1. The molecule has 2 nitrogen and oxygen atoms in total. The standard InChI is InChI=1S/C19H29NO/c1-14-10-11-20(15(2)12-14)18-13-17(8-9-19(18)21)16-6-4-3-5-7-16/h3-7,14-15,17-19,21H,8-13H2,1-2H3. The third kappa shape index (κ3) is 3.32. The average molecular weight is 287 g/mol. The SMILES string of the molecule is CC1CCN(C2CC(c3ccccc3)CCC2O)C(C)C1. The second-order valence-corrected chi connectivity index (χ2v) is 7.27. The van der Waals surface area contributed by atoms with Gasteiger partial charge in [-0.15, -0.1) is 0 Å². The third-order valence-corrected chi connectivity index (χ3v) is 5.67. The topological polar surface area (TPSA) is 23.5 Å². The molecule has 0 bridgehead atoms. The summed E-state index contributed by atoms with van der Waals surface area (Å²) < 4.78 is 0. The van der Waals surface area contributed by atoms with Crippen molar-refractivity contribution < 1.29 is 5.11 Å². The number of hydrogen-bond acceptors (Lipinski definition) is 2. The highest BCUT2D eigenvalue weighted by Crippen LogP contribution is 2.37. The van der Waals surface area contributed by atoms with Crippen LogP contribution in [0.25, 0.3) is 0 Å². The van der Waals surface area contributed by atoms with E-state index in [1.807, 2.05) is 0 Å². The molecule has 1 aliphatic heterocycles. The number of benzene rings is 1. The second kappa shape index (κ2) is 6.50. The molecule has 1 N–H and O–H groups in total. The van der Waals surface area contributed by atoms with Gasteiger partial charge >= 0.3 is 0 Å². The fourth-order valence-corrected chi connectivity index (χ4v) is 4.43. The minimum atomic E-state index is -0.138. The van der Waals surface area contributed by atoms with E-state index < -0.39 is 0 Å². The van der Waals surface area contributed by atoms with Crippen molar-refractivity contribution in [2.45, 2.75) is 70.1 Å². The van der Waals surface area contributed by atoms with E-state index >= 15 is 0 Å². The maximum atomic E-state index is 10.5. The first kappa shape index (κ1) is 15.1. The summed E-state index contributed by atoms with van der Waals surface area (Å²) >= 11 is 0. The lowest BCUT2D eigenvalue weighted by molar-refractivity contribution is -0.0232. The van der Waals surface area contributed by atoms with E-state index in [1.54, 1.807) is 0 Å². The minimum absolute atomic E-state index is 0.138. The van der Waals surface area contributed by atoms with Gasteiger partial charge in [-0.1, -0.05) is 37.3 Å². The summed E-state index contributed by atoms with van der Waals surface area (Å²) in [6.45, 7) is 5.86. The molecule has 5 atom stereocenters. The van der Waals surface area contributed by atoms with E-state index in [-0.39, 0.29) is 6.10 Å². The fourth-order valence-electron chi connectivity index (χ4n) is 4.43. The molecule has 5 unspecified atom stereocenters. The molecular weight excluding hydrogens is 258 g/mol. The first-order valence-corrected chi connectivity index (χ1v) is 8.64. The van der Waals surface area contributed by atoms with E-state index in [2.05, 4.69) is 49.1 Å². The van der Waals surface area contributed by atoms with Crippen molar-refractivity contribution in [3.05, 3.63) is 35.9 Å². The van der Waals surface area contributed by atoms with E-state index in [4.69, 9.17) is 0 Å². The van der Waals surface area contributed by atoms with Gasteiger partial charge in [0.25, 0.3) is 0 Å². The quantitative estimate of drug-likeness (QED) is 0.894. The lowest BCUT2D eigenvalue weighted by Crippen LogP contribution is -2.53. The van der Waals surface area contributed by atoms with Gasteiger partial charge in [0.05, 0.1) is 6.10 Å². The lowest BCUT2D eigenvalue weighted by Gasteiger charge is -2.46. The number of likely N-dealkylation sites (tertiary alicyclic amines) is 1. The monoisotopic (exact) mass is 287 g/mol. The molecule has 0 aromatic heterocycles. The molecule has 1 saturated carbocycles. The zero-order valence-corrected chi connectivity index (χ0v) is 13.4. The predicted molar refractivity (Wildman–Crippen MR) is 87.4 cm³/mol. The van der Waals surface area contributed by atoms with Gasteiger partial charge in [0.15, 0.2) is 0 Å². The van der Waals surface area contributed by atoms with E-state index in [0.717, 1.165) is 31.7 Å². The second-order valence-electron chi connectivity index (χ2n) is 7.27. The molecule has 0 amide bonds. The Bertz CT molecular complexity index is 446. The molecule has 3 rings (SSSR count). The summed E-state index contributed by atoms with van der Waals surface area (Å²) in [7, 11) is 0. The Kier molecular flexibility index (Phi) is 4.66. The van der Waals surface area contributed by atoms with Crippen LogP contribution in [0.4, 0.5) is 0 Å². The van der Waals surface area contributed by atoms with Crippen LogP contribution in [-0.4, -0.2) is 34.7 Å². The summed E-state index contributed by atoms with van der Waals surface area (Å²) in [6.07, 6.45) is 5.61. The van der Waals surface area contributed by atoms with Gasteiger partial charge in [0.1, 0.15) is 0 Å². The molecule has 2 aliphatic rings. The Morgan fingerprint density at radius 2 is 1.76 bits per heavy atom. The lowest BCUT2D eigenvalue weighted by atomic mass is 9.78. The summed E-state index contributed by atoms with van der Waals surface area (Å²) in [5.41, 5.74) is 1.45. The fraction of sp³-hybridized carbons (Fsp3) is 0.684. The molecule has 2 heteroatoms. The molecule has 0 spiro atoms. The van der Waals surface area contributed by atoms with Crippen LogP contribution in [0.3, 0.4) is 0 Å². The molecule has 1 aliphatic carbocycles. The van der Waals surface area contributed by atoms with E-state index in [9.17, 15) is 5.11 Å². The first-order chi connectivity index (χ1) is 10.1. The Labute approximate surface area is 129 Å². The Morgan fingerprint density at radius 3 is 2.48 bits per heavy atom. The minimum Gasteiger partial charge on any atom is -0.391 e. The van der Waals surface area contributed by atoms with Crippen molar-refractivity contribution in [3.8, 4) is 0 Å². The molecule has 2 fully saturated rings.